The largest absolute Gasteiger partial charge is 0.338 e. The number of hydrogen-bond donors (Lipinski definition) is 2. The average Bonchev–Trinajstić information content (AvgIpc) is 2.64. The van der Waals surface area contributed by atoms with Gasteiger partial charge in [-0.2, -0.15) is 5.26 Å². The average molecular weight is 231 g/mol. The van der Waals surface area contributed by atoms with E-state index in [1.165, 1.54) is 6.33 Å². The summed E-state index contributed by atoms with van der Waals surface area (Å²) in [7, 11) is 0. The second kappa shape index (κ2) is 4.39. The van der Waals surface area contributed by atoms with E-state index in [0.717, 1.165) is 5.69 Å². The van der Waals surface area contributed by atoms with Crippen LogP contribution in [0.15, 0.2) is 11.1 Å². The number of fused-ring (bicyclic) bond motifs is 1. The summed E-state index contributed by atoms with van der Waals surface area (Å²) >= 11 is 0. The van der Waals surface area contributed by atoms with E-state index in [9.17, 15) is 10.1 Å². The highest BCUT2D eigenvalue weighted by atomic mass is 16.1. The zero-order valence-electron chi connectivity index (χ0n) is 9.53. The quantitative estimate of drug-likeness (QED) is 0.783. The molecule has 88 valence electrons. The third-order valence-corrected chi connectivity index (χ3v) is 2.76. The van der Waals surface area contributed by atoms with Crippen molar-refractivity contribution in [2.45, 2.75) is 19.9 Å². The maximum Gasteiger partial charge on any atom is 0.275 e. The van der Waals surface area contributed by atoms with Gasteiger partial charge in [0.2, 0.25) is 0 Å². The number of nitrogens with one attached hydrogen (secondary N) is 1. The molecule has 17 heavy (non-hydrogen) atoms. The number of aryl methyl sites for hydroxylation is 1. The SMILES string of the molecule is CCn1c(CCN)c(C#N)c2nc[nH]c(=O)c21. The molecule has 3 N–H and O–H groups in total. The van der Waals surface area contributed by atoms with Gasteiger partial charge >= 0.3 is 0 Å². The van der Waals surface area contributed by atoms with Gasteiger partial charge in [0.15, 0.2) is 0 Å². The molecule has 0 radical (unpaired) electrons. The highest BCUT2D eigenvalue weighted by molar-refractivity contribution is 5.83. The van der Waals surface area contributed by atoms with Gasteiger partial charge in [0.05, 0.1) is 11.9 Å². The first-order chi connectivity index (χ1) is 8.24. The summed E-state index contributed by atoms with van der Waals surface area (Å²) in [5.41, 5.74) is 7.47. The summed E-state index contributed by atoms with van der Waals surface area (Å²) in [5.74, 6) is 0. The van der Waals surface area contributed by atoms with E-state index in [-0.39, 0.29) is 5.56 Å². The van der Waals surface area contributed by atoms with Crippen molar-refractivity contribution in [3.63, 3.8) is 0 Å². The topological polar surface area (TPSA) is 100 Å². The molecular formula is C11H13N5O. The Bertz CT molecular complexity index is 646. The predicted molar refractivity (Wildman–Crippen MR) is 63.5 cm³/mol. The molecule has 0 aromatic carbocycles. The van der Waals surface area contributed by atoms with Crippen LogP contribution in [0.3, 0.4) is 0 Å². The van der Waals surface area contributed by atoms with Crippen LogP contribution in [0.4, 0.5) is 0 Å². The Morgan fingerprint density at radius 1 is 1.65 bits per heavy atom. The molecule has 6 nitrogen and oxygen atoms in total. The van der Waals surface area contributed by atoms with E-state index in [0.29, 0.717) is 36.1 Å². The first kappa shape index (κ1) is 11.4. The molecule has 0 fully saturated rings. The van der Waals surface area contributed by atoms with Crippen molar-refractivity contribution in [2.75, 3.05) is 6.54 Å². The van der Waals surface area contributed by atoms with Gasteiger partial charge in [0.25, 0.3) is 5.56 Å². The van der Waals surface area contributed by atoms with Crippen molar-refractivity contribution < 1.29 is 0 Å². The van der Waals surface area contributed by atoms with Crippen LogP contribution >= 0.6 is 0 Å². The van der Waals surface area contributed by atoms with Crippen LogP contribution in [0.25, 0.3) is 11.0 Å². The van der Waals surface area contributed by atoms with Gasteiger partial charge < -0.3 is 15.3 Å². The van der Waals surface area contributed by atoms with Crippen molar-refractivity contribution in [1.29, 1.82) is 5.26 Å². The molecule has 2 rings (SSSR count). The zero-order chi connectivity index (χ0) is 12.4. The van der Waals surface area contributed by atoms with Gasteiger partial charge in [-0.15, -0.1) is 0 Å². The van der Waals surface area contributed by atoms with E-state index in [4.69, 9.17) is 5.73 Å². The fourth-order valence-electron chi connectivity index (χ4n) is 2.10. The predicted octanol–water partition coefficient (Wildman–Crippen LogP) is 0.117. The van der Waals surface area contributed by atoms with E-state index < -0.39 is 0 Å². The fraction of sp³-hybridized carbons (Fsp3) is 0.364. The summed E-state index contributed by atoms with van der Waals surface area (Å²) in [4.78, 5) is 18.4. The van der Waals surface area contributed by atoms with Crippen molar-refractivity contribution in [3.8, 4) is 6.07 Å². The van der Waals surface area contributed by atoms with Crippen LogP contribution in [-0.4, -0.2) is 21.1 Å². The molecule has 0 unspecified atom stereocenters. The van der Waals surface area contributed by atoms with E-state index >= 15 is 0 Å². The highest BCUT2D eigenvalue weighted by Crippen LogP contribution is 2.21. The van der Waals surface area contributed by atoms with Gasteiger partial charge in [-0.05, 0) is 13.5 Å². The minimum Gasteiger partial charge on any atom is -0.338 e. The molecule has 0 saturated heterocycles. The Labute approximate surface area is 97.7 Å². The first-order valence-corrected chi connectivity index (χ1v) is 5.43. The summed E-state index contributed by atoms with van der Waals surface area (Å²) in [6.45, 7) is 2.97. The van der Waals surface area contributed by atoms with Gasteiger partial charge in [0, 0.05) is 18.7 Å². The van der Waals surface area contributed by atoms with E-state index in [1.807, 2.05) is 11.5 Å². The van der Waals surface area contributed by atoms with Crippen molar-refractivity contribution >= 4 is 11.0 Å². The first-order valence-electron chi connectivity index (χ1n) is 5.43. The Morgan fingerprint density at radius 2 is 2.41 bits per heavy atom. The zero-order valence-corrected chi connectivity index (χ0v) is 9.53. The Kier molecular flexibility index (Phi) is 2.93. The lowest BCUT2D eigenvalue weighted by Gasteiger charge is -2.05. The van der Waals surface area contributed by atoms with Crippen molar-refractivity contribution in [2.24, 2.45) is 5.73 Å². The number of H-pyrrole nitrogens is 1. The van der Waals surface area contributed by atoms with Crippen LogP contribution in [0.1, 0.15) is 18.2 Å². The maximum absolute atomic E-state index is 11.8. The van der Waals surface area contributed by atoms with E-state index in [2.05, 4.69) is 16.0 Å². The molecule has 6 heteroatoms. The summed E-state index contributed by atoms with van der Waals surface area (Å²) in [6, 6.07) is 2.11. The molecule has 0 aliphatic rings. The third-order valence-electron chi connectivity index (χ3n) is 2.76. The maximum atomic E-state index is 11.8. The highest BCUT2D eigenvalue weighted by Gasteiger charge is 2.18. The molecule has 2 aromatic rings. The summed E-state index contributed by atoms with van der Waals surface area (Å²) in [6.07, 6.45) is 1.88. The molecule has 0 aliphatic heterocycles. The van der Waals surface area contributed by atoms with Crippen LogP contribution in [0.5, 0.6) is 0 Å². The van der Waals surface area contributed by atoms with Crippen LogP contribution in [0, 0.1) is 11.3 Å². The number of nitrogens with two attached hydrogens (primary N) is 1. The third kappa shape index (κ3) is 1.61. The molecular weight excluding hydrogens is 218 g/mol. The van der Waals surface area contributed by atoms with Crippen LogP contribution in [-0.2, 0) is 13.0 Å². The lowest BCUT2D eigenvalue weighted by atomic mass is 10.2. The molecule has 2 heterocycles. The standard InChI is InChI=1S/C11H13N5O/c1-2-16-8(3-4-12)7(5-13)9-10(16)11(17)15-6-14-9/h6H,2-4,12H2,1H3,(H,14,15,17). The molecule has 0 bridgehead atoms. The molecule has 2 aromatic heterocycles. The Morgan fingerprint density at radius 3 is 3.00 bits per heavy atom. The van der Waals surface area contributed by atoms with Crippen LogP contribution in [0.2, 0.25) is 0 Å². The number of nitriles is 1. The lowest BCUT2D eigenvalue weighted by molar-refractivity contribution is 0.727. The summed E-state index contributed by atoms with van der Waals surface area (Å²) in [5, 5.41) is 9.19. The normalized spacial score (nSPS) is 10.6. The second-order valence-electron chi connectivity index (χ2n) is 3.65. The monoisotopic (exact) mass is 231 g/mol. The minimum atomic E-state index is -0.225. The molecule has 0 aliphatic carbocycles. The van der Waals surface area contributed by atoms with Crippen molar-refractivity contribution in [1.82, 2.24) is 14.5 Å². The molecule has 0 spiro atoms. The smallest absolute Gasteiger partial charge is 0.275 e. The number of hydrogen-bond acceptors (Lipinski definition) is 4. The fourth-order valence-corrected chi connectivity index (χ4v) is 2.10. The van der Waals surface area contributed by atoms with Crippen LogP contribution < -0.4 is 11.3 Å². The molecule has 0 saturated carbocycles. The van der Waals surface area contributed by atoms with E-state index in [1.54, 1.807) is 0 Å². The minimum absolute atomic E-state index is 0.225. The van der Waals surface area contributed by atoms with Crippen molar-refractivity contribution in [3.05, 3.63) is 27.9 Å². The van der Waals surface area contributed by atoms with Gasteiger partial charge in [0.1, 0.15) is 17.1 Å². The number of nitrogens with zero attached hydrogens (tertiary/aromatic N) is 3. The molecule has 0 amide bonds. The molecule has 0 atom stereocenters. The number of rotatable bonds is 3. The van der Waals surface area contributed by atoms with Gasteiger partial charge in [-0.1, -0.05) is 0 Å². The second-order valence-corrected chi connectivity index (χ2v) is 3.65. The summed E-state index contributed by atoms with van der Waals surface area (Å²) < 4.78 is 1.81. The lowest BCUT2D eigenvalue weighted by Crippen LogP contribution is -2.14. The number of aromatic nitrogens is 3. The van der Waals surface area contributed by atoms with Gasteiger partial charge in [-0.25, -0.2) is 4.98 Å². The van der Waals surface area contributed by atoms with Gasteiger partial charge in [-0.3, -0.25) is 4.79 Å². The Hall–Kier alpha value is -2.13. The number of aromatic amines is 1. The Balaban J connectivity index is 2.93.